The van der Waals surface area contributed by atoms with E-state index in [-0.39, 0.29) is 17.2 Å². The monoisotopic (exact) mass is 572 g/mol. The molecule has 212 valence electrons. The van der Waals surface area contributed by atoms with Gasteiger partial charge in [0.1, 0.15) is 28.2 Å². The Balaban J connectivity index is 1.87. The quantitative estimate of drug-likeness (QED) is 0.425. The highest BCUT2D eigenvalue weighted by molar-refractivity contribution is 7.94. The normalized spacial score (nSPS) is 22.4. The van der Waals surface area contributed by atoms with E-state index in [1.54, 1.807) is 32.9 Å². The van der Waals surface area contributed by atoms with Crippen LogP contribution in [0.25, 0.3) is 0 Å². The lowest BCUT2D eigenvalue weighted by Gasteiger charge is -2.34. The van der Waals surface area contributed by atoms with Crippen molar-refractivity contribution in [3.05, 3.63) is 57.5 Å². The Labute approximate surface area is 222 Å². The summed E-state index contributed by atoms with van der Waals surface area (Å²) in [5, 5.41) is 13.5. The molecule has 3 heterocycles. The van der Waals surface area contributed by atoms with Crippen LogP contribution in [-0.2, 0) is 25.7 Å². The summed E-state index contributed by atoms with van der Waals surface area (Å²) < 4.78 is 86.1. The van der Waals surface area contributed by atoms with Gasteiger partial charge in [-0.05, 0) is 44.5 Å². The zero-order valence-electron chi connectivity index (χ0n) is 21.6. The van der Waals surface area contributed by atoms with Gasteiger partial charge in [-0.3, -0.25) is 14.5 Å². The van der Waals surface area contributed by atoms with Crippen molar-refractivity contribution >= 4 is 27.5 Å². The first-order valence-corrected chi connectivity index (χ1v) is 13.3. The SMILES string of the molecule is CC[C@@H](N=C1NS(=O)(=O)C(C2OC(C)O2)=C1Nc1ccc(C(F)(F)F)c(C(=O)N(C)C)c1O)c1ccc(C)o1. The molecule has 0 unspecified atom stereocenters. The van der Waals surface area contributed by atoms with Crippen LogP contribution in [0.1, 0.15) is 53.8 Å². The highest BCUT2D eigenvalue weighted by Gasteiger charge is 2.46. The Morgan fingerprint density at radius 3 is 2.41 bits per heavy atom. The molecule has 39 heavy (non-hydrogen) atoms. The number of sulfonamides is 1. The van der Waals surface area contributed by atoms with Crippen LogP contribution in [-0.4, -0.2) is 56.8 Å². The van der Waals surface area contributed by atoms with Crippen LogP contribution in [0.2, 0.25) is 0 Å². The number of ether oxygens (including phenoxy) is 2. The van der Waals surface area contributed by atoms with E-state index >= 15 is 0 Å². The summed E-state index contributed by atoms with van der Waals surface area (Å²) >= 11 is 0. The first kappa shape index (κ1) is 28.4. The lowest BCUT2D eigenvalue weighted by Crippen LogP contribution is -2.42. The van der Waals surface area contributed by atoms with Crippen LogP contribution >= 0.6 is 0 Å². The molecular formula is C24H27F3N4O7S. The van der Waals surface area contributed by atoms with Gasteiger partial charge in [-0.1, -0.05) is 6.92 Å². The molecule has 11 nitrogen and oxygen atoms in total. The van der Waals surface area contributed by atoms with Gasteiger partial charge in [-0.2, -0.15) is 13.2 Å². The average Bonchev–Trinajstić information content (AvgIpc) is 3.35. The molecule has 4 rings (SSSR count). The van der Waals surface area contributed by atoms with Crippen LogP contribution in [0.5, 0.6) is 5.75 Å². The van der Waals surface area contributed by atoms with Gasteiger partial charge in [-0.25, -0.2) is 8.42 Å². The predicted molar refractivity (Wildman–Crippen MR) is 133 cm³/mol. The third-order valence-corrected chi connectivity index (χ3v) is 7.41. The van der Waals surface area contributed by atoms with E-state index < -0.39 is 62.5 Å². The Bertz CT molecular complexity index is 1460. The summed E-state index contributed by atoms with van der Waals surface area (Å²) in [6.07, 6.45) is -6.61. The van der Waals surface area contributed by atoms with Crippen molar-refractivity contribution in [2.24, 2.45) is 4.99 Å². The number of carbonyl (C=O) groups excluding carboxylic acids is 1. The van der Waals surface area contributed by atoms with Crippen LogP contribution < -0.4 is 10.0 Å². The van der Waals surface area contributed by atoms with Gasteiger partial charge >= 0.3 is 6.18 Å². The predicted octanol–water partition coefficient (Wildman–Crippen LogP) is 3.84. The summed E-state index contributed by atoms with van der Waals surface area (Å²) in [4.78, 5) is 17.6. The van der Waals surface area contributed by atoms with E-state index in [9.17, 15) is 31.5 Å². The number of phenolic OH excluding ortho intramolecular Hbond substituents is 1. The summed E-state index contributed by atoms with van der Waals surface area (Å²) in [5.74, 6) is -1.28. The van der Waals surface area contributed by atoms with E-state index in [4.69, 9.17) is 13.9 Å². The molecule has 1 fully saturated rings. The van der Waals surface area contributed by atoms with Crippen LogP contribution in [0.4, 0.5) is 18.9 Å². The van der Waals surface area contributed by atoms with Crippen molar-refractivity contribution in [1.29, 1.82) is 0 Å². The van der Waals surface area contributed by atoms with E-state index in [1.807, 2.05) is 0 Å². The molecule has 1 aromatic heterocycles. The molecule has 0 saturated carbocycles. The number of aryl methyl sites for hydroxylation is 1. The molecule has 2 aliphatic rings. The largest absolute Gasteiger partial charge is 0.505 e. The molecule has 2 aromatic rings. The van der Waals surface area contributed by atoms with Gasteiger partial charge in [0.15, 0.2) is 17.9 Å². The zero-order valence-corrected chi connectivity index (χ0v) is 22.4. The third kappa shape index (κ3) is 5.46. The molecule has 3 N–H and O–H groups in total. The fourth-order valence-electron chi connectivity index (χ4n) is 4.07. The number of carbonyl (C=O) groups is 1. The molecule has 1 atom stereocenters. The number of aliphatic imine (C=N–C) groups is 1. The smallest absolute Gasteiger partial charge is 0.417 e. The molecule has 1 amide bonds. The second-order valence-electron chi connectivity index (χ2n) is 9.07. The van der Waals surface area contributed by atoms with E-state index in [0.29, 0.717) is 24.0 Å². The van der Waals surface area contributed by atoms with Gasteiger partial charge in [0, 0.05) is 14.1 Å². The highest BCUT2D eigenvalue weighted by Crippen LogP contribution is 2.42. The number of hydrogen-bond acceptors (Lipinski definition) is 9. The highest BCUT2D eigenvalue weighted by atomic mass is 32.2. The van der Waals surface area contributed by atoms with E-state index in [2.05, 4.69) is 15.0 Å². The minimum Gasteiger partial charge on any atom is -0.505 e. The fourth-order valence-corrected chi connectivity index (χ4v) is 5.37. The number of benzene rings is 1. The molecule has 0 bridgehead atoms. The first-order chi connectivity index (χ1) is 18.1. The van der Waals surface area contributed by atoms with Crippen molar-refractivity contribution in [2.45, 2.75) is 52.0 Å². The number of phenols is 1. The van der Waals surface area contributed by atoms with Gasteiger partial charge in [-0.15, -0.1) is 0 Å². The number of halogens is 3. The van der Waals surface area contributed by atoms with Crippen LogP contribution in [0.15, 0.2) is 44.3 Å². The fraction of sp³-hybridized carbons (Fsp3) is 0.417. The number of amides is 1. The lowest BCUT2D eigenvalue weighted by molar-refractivity contribution is -0.356. The van der Waals surface area contributed by atoms with Crippen LogP contribution in [0.3, 0.4) is 0 Å². The molecular weight excluding hydrogens is 545 g/mol. The number of nitrogens with zero attached hydrogens (tertiary/aromatic N) is 2. The molecule has 0 radical (unpaired) electrons. The Hall–Kier alpha value is -3.56. The third-order valence-electron chi connectivity index (χ3n) is 5.97. The Kier molecular flexibility index (Phi) is 7.44. The maximum Gasteiger partial charge on any atom is 0.417 e. The molecule has 1 saturated heterocycles. The molecule has 0 aliphatic carbocycles. The molecule has 15 heteroatoms. The van der Waals surface area contributed by atoms with Crippen molar-refractivity contribution in [2.75, 3.05) is 19.4 Å². The summed E-state index contributed by atoms with van der Waals surface area (Å²) in [7, 11) is -1.82. The number of hydrogen-bond donors (Lipinski definition) is 3. The summed E-state index contributed by atoms with van der Waals surface area (Å²) in [5.41, 5.74) is -2.97. The van der Waals surface area contributed by atoms with Crippen molar-refractivity contribution < 1.29 is 45.4 Å². The standard InChI is InChI=1S/C24H27F3N4O7S/c1-6-14(16-10-7-11(2)36-16)29-21-18(20(39(34,35)30-21)23-37-12(3)38-23)28-15-9-8-13(24(25,26)27)17(19(15)32)22(33)31(4)5/h7-10,12,14,23,28,32H,6H2,1-5H3,(H,29,30)/t12?,14-,23?/m1/s1. The minimum absolute atomic E-state index is 0.211. The van der Waals surface area contributed by atoms with Gasteiger partial charge < -0.3 is 29.2 Å². The van der Waals surface area contributed by atoms with Crippen LogP contribution in [0, 0.1) is 6.92 Å². The first-order valence-electron chi connectivity index (χ1n) is 11.8. The maximum atomic E-state index is 13.7. The number of anilines is 1. The van der Waals surface area contributed by atoms with Crippen molar-refractivity contribution in [3.8, 4) is 5.75 Å². The number of alkyl halides is 3. The summed E-state index contributed by atoms with van der Waals surface area (Å²) in [6.45, 7) is 5.08. The lowest BCUT2D eigenvalue weighted by atomic mass is 10.0. The number of amidine groups is 1. The second kappa shape index (κ2) is 10.2. The Morgan fingerprint density at radius 2 is 1.90 bits per heavy atom. The maximum absolute atomic E-state index is 13.7. The van der Waals surface area contributed by atoms with Crippen molar-refractivity contribution in [1.82, 2.24) is 9.62 Å². The van der Waals surface area contributed by atoms with Gasteiger partial charge in [0.05, 0.1) is 16.8 Å². The number of aromatic hydroxyl groups is 1. The minimum atomic E-state index is -4.95. The molecule has 2 aliphatic heterocycles. The molecule has 0 spiro atoms. The number of furan rings is 1. The molecule has 1 aromatic carbocycles. The topological polar surface area (TPSA) is 143 Å². The zero-order chi connectivity index (χ0) is 28.9. The van der Waals surface area contributed by atoms with Gasteiger partial charge in [0.2, 0.25) is 6.29 Å². The number of rotatable bonds is 7. The second-order valence-corrected chi connectivity index (χ2v) is 10.7. The van der Waals surface area contributed by atoms with E-state index in [0.717, 1.165) is 11.0 Å². The van der Waals surface area contributed by atoms with E-state index in [1.165, 1.54) is 14.1 Å². The number of nitrogens with one attached hydrogen (secondary N) is 2. The van der Waals surface area contributed by atoms with Gasteiger partial charge in [0.25, 0.3) is 15.9 Å². The van der Waals surface area contributed by atoms with Crippen molar-refractivity contribution in [3.63, 3.8) is 0 Å². The Morgan fingerprint density at radius 1 is 1.23 bits per heavy atom. The average molecular weight is 573 g/mol. The summed E-state index contributed by atoms with van der Waals surface area (Å²) in [6, 6.07) is 4.27.